The highest BCUT2D eigenvalue weighted by Crippen LogP contribution is 2.38. The summed E-state index contributed by atoms with van der Waals surface area (Å²) in [4.78, 5) is 11.8. The predicted octanol–water partition coefficient (Wildman–Crippen LogP) is 4.44. The van der Waals surface area contributed by atoms with Crippen LogP contribution >= 0.6 is 0 Å². The van der Waals surface area contributed by atoms with Gasteiger partial charge in [-0.05, 0) is 42.0 Å². The molecule has 0 spiro atoms. The van der Waals surface area contributed by atoms with Crippen molar-refractivity contribution in [2.45, 2.75) is 46.3 Å². The van der Waals surface area contributed by atoms with Crippen LogP contribution in [0.15, 0.2) is 24.8 Å². The van der Waals surface area contributed by atoms with E-state index in [1.165, 1.54) is 7.11 Å². The molecular formula is C19H26O4. The number of carbonyl (C=O) groups is 1. The summed E-state index contributed by atoms with van der Waals surface area (Å²) < 4.78 is 16.5. The standard InChI is InChI=1S/C19H26O4/c1-13(19(2,3)4)15-12-14(18(20)21-5)9-10-16(15)23-17-8-6-7-11-22-17/h9-10,12,17H,1,6-8,11H2,2-5H3. The average molecular weight is 318 g/mol. The van der Waals surface area contributed by atoms with Gasteiger partial charge >= 0.3 is 5.97 Å². The summed E-state index contributed by atoms with van der Waals surface area (Å²) in [6.07, 6.45) is 2.81. The number of hydrogen-bond donors (Lipinski definition) is 0. The summed E-state index contributed by atoms with van der Waals surface area (Å²) in [7, 11) is 1.38. The number of rotatable bonds is 4. The van der Waals surface area contributed by atoms with Crippen molar-refractivity contribution >= 4 is 11.5 Å². The third-order valence-electron chi connectivity index (χ3n) is 4.03. The van der Waals surface area contributed by atoms with Crippen LogP contribution in [-0.4, -0.2) is 26.0 Å². The van der Waals surface area contributed by atoms with E-state index in [0.29, 0.717) is 11.3 Å². The largest absolute Gasteiger partial charge is 0.465 e. The first kappa shape index (κ1) is 17.5. The second kappa shape index (κ2) is 7.18. The van der Waals surface area contributed by atoms with Gasteiger partial charge in [0.15, 0.2) is 6.29 Å². The summed E-state index contributed by atoms with van der Waals surface area (Å²) in [5, 5.41) is 0. The lowest BCUT2D eigenvalue weighted by atomic mass is 9.82. The van der Waals surface area contributed by atoms with Gasteiger partial charge in [-0.2, -0.15) is 0 Å². The van der Waals surface area contributed by atoms with E-state index < -0.39 is 0 Å². The quantitative estimate of drug-likeness (QED) is 0.770. The van der Waals surface area contributed by atoms with Crippen LogP contribution in [0.3, 0.4) is 0 Å². The highest BCUT2D eigenvalue weighted by Gasteiger charge is 2.24. The number of ether oxygens (including phenoxy) is 3. The van der Waals surface area contributed by atoms with Crippen LogP contribution in [0.1, 0.15) is 56.0 Å². The maximum absolute atomic E-state index is 11.8. The molecular weight excluding hydrogens is 292 g/mol. The maximum Gasteiger partial charge on any atom is 0.337 e. The third kappa shape index (κ3) is 4.35. The van der Waals surface area contributed by atoms with E-state index in [1.807, 2.05) is 0 Å². The van der Waals surface area contributed by atoms with E-state index in [9.17, 15) is 4.79 Å². The summed E-state index contributed by atoms with van der Waals surface area (Å²) in [5.74, 6) is 0.331. The fourth-order valence-electron chi connectivity index (χ4n) is 2.46. The van der Waals surface area contributed by atoms with E-state index in [1.54, 1.807) is 18.2 Å². The molecule has 1 aliphatic heterocycles. The molecule has 4 heteroatoms. The Bertz CT molecular complexity index is 578. The van der Waals surface area contributed by atoms with Gasteiger partial charge in [-0.15, -0.1) is 0 Å². The third-order valence-corrected chi connectivity index (χ3v) is 4.03. The Labute approximate surface area is 138 Å². The first-order valence-corrected chi connectivity index (χ1v) is 8.03. The molecule has 0 saturated carbocycles. The zero-order valence-corrected chi connectivity index (χ0v) is 14.5. The summed E-state index contributed by atoms with van der Waals surface area (Å²) in [6, 6.07) is 5.30. The lowest BCUT2D eigenvalue weighted by molar-refractivity contribution is -0.106. The van der Waals surface area contributed by atoms with Crippen molar-refractivity contribution < 1.29 is 19.0 Å². The van der Waals surface area contributed by atoms with Gasteiger partial charge in [0.1, 0.15) is 5.75 Å². The van der Waals surface area contributed by atoms with E-state index in [4.69, 9.17) is 14.2 Å². The normalized spacial score (nSPS) is 18.3. The van der Waals surface area contributed by atoms with Crippen molar-refractivity contribution in [3.8, 4) is 5.75 Å². The van der Waals surface area contributed by atoms with Crippen molar-refractivity contribution in [1.82, 2.24) is 0 Å². The molecule has 0 bridgehead atoms. The van der Waals surface area contributed by atoms with E-state index in [2.05, 4.69) is 27.4 Å². The molecule has 0 radical (unpaired) electrons. The first-order valence-electron chi connectivity index (χ1n) is 8.03. The smallest absolute Gasteiger partial charge is 0.337 e. The molecule has 23 heavy (non-hydrogen) atoms. The Morgan fingerprint density at radius 1 is 1.30 bits per heavy atom. The van der Waals surface area contributed by atoms with Gasteiger partial charge in [-0.25, -0.2) is 4.79 Å². The number of hydrogen-bond acceptors (Lipinski definition) is 4. The van der Waals surface area contributed by atoms with Gasteiger partial charge in [0.25, 0.3) is 0 Å². The average Bonchev–Trinajstić information content (AvgIpc) is 2.54. The molecule has 0 amide bonds. The SMILES string of the molecule is C=C(c1cc(C(=O)OC)ccc1OC1CCCCO1)C(C)(C)C. The van der Waals surface area contributed by atoms with Gasteiger partial charge in [0.2, 0.25) is 0 Å². The van der Waals surface area contributed by atoms with Gasteiger partial charge in [-0.1, -0.05) is 27.4 Å². The lowest BCUT2D eigenvalue weighted by Crippen LogP contribution is -2.25. The Morgan fingerprint density at radius 2 is 2.04 bits per heavy atom. The Kier molecular flexibility index (Phi) is 5.47. The van der Waals surface area contributed by atoms with Crippen LogP contribution in [0.25, 0.3) is 5.57 Å². The minimum atomic E-state index is -0.367. The molecule has 0 N–H and O–H groups in total. The van der Waals surface area contributed by atoms with Crippen molar-refractivity contribution in [3.63, 3.8) is 0 Å². The van der Waals surface area contributed by atoms with Gasteiger partial charge < -0.3 is 14.2 Å². The molecule has 0 aromatic heterocycles. The highest BCUT2D eigenvalue weighted by atomic mass is 16.7. The van der Waals surface area contributed by atoms with Crippen molar-refractivity contribution in [1.29, 1.82) is 0 Å². The number of carbonyl (C=O) groups excluding carboxylic acids is 1. The molecule has 1 saturated heterocycles. The predicted molar refractivity (Wildman–Crippen MR) is 90.5 cm³/mol. The van der Waals surface area contributed by atoms with Gasteiger partial charge in [-0.3, -0.25) is 0 Å². The molecule has 1 aromatic rings. The molecule has 2 rings (SSSR count). The molecule has 0 aliphatic carbocycles. The second-order valence-electron chi connectivity index (χ2n) is 6.85. The zero-order chi connectivity index (χ0) is 17.0. The lowest BCUT2D eigenvalue weighted by Gasteiger charge is -2.28. The molecule has 1 atom stereocenters. The highest BCUT2D eigenvalue weighted by molar-refractivity contribution is 5.91. The Morgan fingerprint density at radius 3 is 2.61 bits per heavy atom. The molecule has 1 aromatic carbocycles. The first-order chi connectivity index (χ1) is 10.8. The fourth-order valence-corrected chi connectivity index (χ4v) is 2.46. The van der Waals surface area contributed by atoms with Gasteiger partial charge in [0.05, 0.1) is 19.3 Å². The number of esters is 1. The zero-order valence-electron chi connectivity index (χ0n) is 14.5. The topological polar surface area (TPSA) is 44.8 Å². The maximum atomic E-state index is 11.8. The number of allylic oxidation sites excluding steroid dienone is 1. The van der Waals surface area contributed by atoms with Crippen LogP contribution in [-0.2, 0) is 9.47 Å². The minimum absolute atomic E-state index is 0.139. The Balaban J connectivity index is 2.35. The Hall–Kier alpha value is -1.81. The molecule has 1 heterocycles. The number of benzene rings is 1. The van der Waals surface area contributed by atoms with Crippen LogP contribution < -0.4 is 4.74 Å². The van der Waals surface area contributed by atoms with E-state index >= 15 is 0 Å². The van der Waals surface area contributed by atoms with Crippen molar-refractivity contribution in [3.05, 3.63) is 35.9 Å². The van der Waals surface area contributed by atoms with Crippen molar-refractivity contribution in [2.24, 2.45) is 5.41 Å². The summed E-state index contributed by atoms with van der Waals surface area (Å²) in [5.41, 5.74) is 2.09. The minimum Gasteiger partial charge on any atom is -0.465 e. The van der Waals surface area contributed by atoms with E-state index in [-0.39, 0.29) is 17.7 Å². The van der Waals surface area contributed by atoms with Crippen LogP contribution in [0, 0.1) is 5.41 Å². The molecule has 1 aliphatic rings. The van der Waals surface area contributed by atoms with Crippen LogP contribution in [0.4, 0.5) is 0 Å². The monoisotopic (exact) mass is 318 g/mol. The molecule has 4 nitrogen and oxygen atoms in total. The molecule has 1 fully saturated rings. The second-order valence-corrected chi connectivity index (χ2v) is 6.85. The fraction of sp³-hybridized carbons (Fsp3) is 0.526. The summed E-state index contributed by atoms with van der Waals surface area (Å²) in [6.45, 7) is 11.2. The summed E-state index contributed by atoms with van der Waals surface area (Å²) >= 11 is 0. The van der Waals surface area contributed by atoms with Crippen LogP contribution in [0.5, 0.6) is 5.75 Å². The van der Waals surface area contributed by atoms with Crippen LogP contribution in [0.2, 0.25) is 0 Å². The molecule has 126 valence electrons. The van der Waals surface area contributed by atoms with Crippen molar-refractivity contribution in [2.75, 3.05) is 13.7 Å². The number of methoxy groups -OCH3 is 1. The van der Waals surface area contributed by atoms with E-state index in [0.717, 1.165) is 37.0 Å². The molecule has 1 unspecified atom stereocenters. The van der Waals surface area contributed by atoms with Gasteiger partial charge in [0, 0.05) is 12.0 Å².